The van der Waals surface area contributed by atoms with Crippen LogP contribution in [0.2, 0.25) is 0 Å². The van der Waals surface area contributed by atoms with Crippen LogP contribution in [0, 0.1) is 0 Å². The van der Waals surface area contributed by atoms with Crippen LogP contribution in [0.3, 0.4) is 0 Å². The van der Waals surface area contributed by atoms with Crippen LogP contribution in [-0.4, -0.2) is 43.7 Å². The van der Waals surface area contributed by atoms with Gasteiger partial charge in [0.25, 0.3) is 0 Å². The highest BCUT2D eigenvalue weighted by molar-refractivity contribution is 7.89. The average molecular weight is 376 g/mol. The largest absolute Gasteiger partial charge is 0.467 e. The van der Waals surface area contributed by atoms with Crippen molar-refractivity contribution in [2.75, 3.05) is 20.1 Å². The van der Waals surface area contributed by atoms with Gasteiger partial charge in [-0.15, -0.1) is 0 Å². The predicted octanol–water partition coefficient (Wildman–Crippen LogP) is 2.66. The molecular formula is C19H24N2O4S. The van der Waals surface area contributed by atoms with Crippen molar-refractivity contribution in [1.82, 2.24) is 9.21 Å². The number of rotatable bonds is 7. The molecule has 1 amide bonds. The van der Waals surface area contributed by atoms with E-state index in [1.165, 1.54) is 4.31 Å². The molecule has 140 valence electrons. The molecule has 0 radical (unpaired) electrons. The maximum atomic E-state index is 12.5. The number of aryl methyl sites for hydroxylation is 1. The average Bonchev–Trinajstić information content (AvgIpc) is 3.34. The highest BCUT2D eigenvalue weighted by Gasteiger charge is 2.26. The summed E-state index contributed by atoms with van der Waals surface area (Å²) in [5.74, 6) is 0.771. The second kappa shape index (κ2) is 8.05. The molecule has 1 saturated heterocycles. The van der Waals surface area contributed by atoms with Crippen molar-refractivity contribution in [3.05, 3.63) is 54.0 Å². The number of hydrogen-bond donors (Lipinski definition) is 0. The lowest BCUT2D eigenvalue weighted by atomic mass is 10.1. The normalized spacial score (nSPS) is 15.3. The molecule has 7 heteroatoms. The molecule has 0 N–H and O–H groups in total. The molecule has 1 fully saturated rings. The zero-order valence-corrected chi connectivity index (χ0v) is 15.7. The fourth-order valence-corrected chi connectivity index (χ4v) is 4.59. The SMILES string of the molecule is CN(Cc1ccco1)C(=O)CCc1ccc(S(=O)(=O)N2CCCC2)cc1. The summed E-state index contributed by atoms with van der Waals surface area (Å²) in [5.41, 5.74) is 0.949. The summed E-state index contributed by atoms with van der Waals surface area (Å²) in [6, 6.07) is 10.5. The molecule has 1 aromatic heterocycles. The Kier molecular flexibility index (Phi) is 5.78. The van der Waals surface area contributed by atoms with Crippen LogP contribution in [-0.2, 0) is 27.8 Å². The van der Waals surface area contributed by atoms with E-state index in [1.54, 1.807) is 48.5 Å². The Bertz CT molecular complexity index is 823. The summed E-state index contributed by atoms with van der Waals surface area (Å²) in [7, 11) is -1.63. The Balaban J connectivity index is 1.55. The lowest BCUT2D eigenvalue weighted by Gasteiger charge is -2.16. The molecule has 6 nitrogen and oxygen atoms in total. The lowest BCUT2D eigenvalue weighted by molar-refractivity contribution is -0.130. The van der Waals surface area contributed by atoms with Gasteiger partial charge in [0.05, 0.1) is 17.7 Å². The zero-order chi connectivity index (χ0) is 18.6. The maximum Gasteiger partial charge on any atom is 0.243 e. The van der Waals surface area contributed by atoms with Gasteiger partial charge in [-0.25, -0.2) is 8.42 Å². The number of nitrogens with zero attached hydrogens (tertiary/aromatic N) is 2. The van der Waals surface area contributed by atoms with E-state index in [0.29, 0.717) is 37.4 Å². The molecule has 0 spiro atoms. The minimum absolute atomic E-state index is 0.0233. The number of hydrogen-bond acceptors (Lipinski definition) is 4. The predicted molar refractivity (Wildman–Crippen MR) is 97.9 cm³/mol. The number of carbonyl (C=O) groups excluding carboxylic acids is 1. The minimum atomic E-state index is -3.38. The number of furan rings is 1. The number of carbonyl (C=O) groups is 1. The smallest absolute Gasteiger partial charge is 0.243 e. The highest BCUT2D eigenvalue weighted by Crippen LogP contribution is 2.21. The van der Waals surface area contributed by atoms with E-state index in [2.05, 4.69) is 0 Å². The summed E-state index contributed by atoms with van der Waals surface area (Å²) < 4.78 is 31.8. The fourth-order valence-electron chi connectivity index (χ4n) is 3.07. The van der Waals surface area contributed by atoms with E-state index < -0.39 is 10.0 Å². The molecule has 1 aromatic carbocycles. The van der Waals surface area contributed by atoms with E-state index >= 15 is 0 Å². The van der Waals surface area contributed by atoms with E-state index in [9.17, 15) is 13.2 Å². The molecule has 1 aliphatic rings. The second-order valence-corrected chi connectivity index (χ2v) is 8.52. The van der Waals surface area contributed by atoms with Crippen LogP contribution in [0.15, 0.2) is 52.0 Å². The van der Waals surface area contributed by atoms with Crippen LogP contribution < -0.4 is 0 Å². The van der Waals surface area contributed by atoms with Crippen molar-refractivity contribution in [3.8, 4) is 0 Å². The van der Waals surface area contributed by atoms with Crippen LogP contribution in [0.1, 0.15) is 30.6 Å². The first-order valence-electron chi connectivity index (χ1n) is 8.82. The maximum absolute atomic E-state index is 12.5. The van der Waals surface area contributed by atoms with Crippen molar-refractivity contribution < 1.29 is 17.6 Å². The molecule has 1 aliphatic heterocycles. The van der Waals surface area contributed by atoms with E-state index in [1.807, 2.05) is 6.07 Å². The van der Waals surface area contributed by atoms with Crippen molar-refractivity contribution in [3.63, 3.8) is 0 Å². The van der Waals surface area contributed by atoms with E-state index in [4.69, 9.17) is 4.42 Å². The highest BCUT2D eigenvalue weighted by atomic mass is 32.2. The van der Waals surface area contributed by atoms with Gasteiger partial charge in [-0.3, -0.25) is 4.79 Å². The van der Waals surface area contributed by atoms with Gasteiger partial charge in [-0.2, -0.15) is 4.31 Å². The Hall–Kier alpha value is -2.12. The number of benzene rings is 1. The van der Waals surface area contributed by atoms with E-state index in [-0.39, 0.29) is 5.91 Å². The van der Waals surface area contributed by atoms with Gasteiger partial charge in [0.2, 0.25) is 15.9 Å². The van der Waals surface area contributed by atoms with Gasteiger partial charge in [-0.05, 0) is 49.1 Å². The van der Waals surface area contributed by atoms with Crippen molar-refractivity contribution in [2.45, 2.75) is 37.1 Å². The third-order valence-corrected chi connectivity index (χ3v) is 6.57. The van der Waals surface area contributed by atoms with Crippen molar-refractivity contribution in [1.29, 1.82) is 0 Å². The van der Waals surface area contributed by atoms with Gasteiger partial charge in [-0.1, -0.05) is 12.1 Å². The number of amides is 1. The second-order valence-electron chi connectivity index (χ2n) is 6.58. The third-order valence-electron chi connectivity index (χ3n) is 4.65. The summed E-state index contributed by atoms with van der Waals surface area (Å²) >= 11 is 0. The van der Waals surface area contributed by atoms with Crippen LogP contribution >= 0.6 is 0 Å². The topological polar surface area (TPSA) is 70.8 Å². The standard InChI is InChI=1S/C19H24N2O4S/c1-20(15-17-5-4-14-25-17)19(22)11-8-16-6-9-18(10-7-16)26(23,24)21-12-2-3-13-21/h4-7,9-10,14H,2-3,8,11-13,15H2,1H3. The molecule has 0 aliphatic carbocycles. The Labute approximate surface area is 154 Å². The van der Waals surface area contributed by atoms with E-state index in [0.717, 1.165) is 24.2 Å². The van der Waals surface area contributed by atoms with Gasteiger partial charge < -0.3 is 9.32 Å². The van der Waals surface area contributed by atoms with Crippen LogP contribution in [0.4, 0.5) is 0 Å². The molecule has 2 aromatic rings. The Morgan fingerprint density at radius 2 is 1.85 bits per heavy atom. The first kappa shape index (κ1) is 18.7. The summed E-state index contributed by atoms with van der Waals surface area (Å²) in [6.07, 6.45) is 4.38. The molecule has 0 saturated carbocycles. The lowest BCUT2D eigenvalue weighted by Crippen LogP contribution is -2.27. The minimum Gasteiger partial charge on any atom is -0.467 e. The van der Waals surface area contributed by atoms with Crippen molar-refractivity contribution in [2.24, 2.45) is 0 Å². The third kappa shape index (κ3) is 4.34. The van der Waals surface area contributed by atoms with Gasteiger partial charge >= 0.3 is 0 Å². The van der Waals surface area contributed by atoms with Crippen LogP contribution in [0.5, 0.6) is 0 Å². The van der Waals surface area contributed by atoms with Crippen molar-refractivity contribution >= 4 is 15.9 Å². The molecule has 26 heavy (non-hydrogen) atoms. The Morgan fingerprint density at radius 1 is 1.15 bits per heavy atom. The fraction of sp³-hybridized carbons (Fsp3) is 0.421. The first-order valence-corrected chi connectivity index (χ1v) is 10.3. The molecule has 0 bridgehead atoms. The molecular weight excluding hydrogens is 352 g/mol. The molecule has 0 unspecified atom stereocenters. The summed E-state index contributed by atoms with van der Waals surface area (Å²) in [6.45, 7) is 1.64. The Morgan fingerprint density at radius 3 is 2.46 bits per heavy atom. The molecule has 2 heterocycles. The van der Waals surface area contributed by atoms with Crippen LogP contribution in [0.25, 0.3) is 0 Å². The quantitative estimate of drug-likeness (QED) is 0.745. The molecule has 0 atom stereocenters. The summed E-state index contributed by atoms with van der Waals surface area (Å²) in [4.78, 5) is 14.2. The van der Waals surface area contributed by atoms with Gasteiger partial charge in [0.15, 0.2) is 0 Å². The summed E-state index contributed by atoms with van der Waals surface area (Å²) in [5, 5.41) is 0. The zero-order valence-electron chi connectivity index (χ0n) is 14.9. The van der Waals surface area contributed by atoms with Gasteiger partial charge in [0.1, 0.15) is 5.76 Å². The first-order chi connectivity index (χ1) is 12.5. The number of sulfonamides is 1. The van der Waals surface area contributed by atoms with Gasteiger partial charge in [0, 0.05) is 26.6 Å². The molecule has 3 rings (SSSR count). The monoisotopic (exact) mass is 376 g/mol.